The van der Waals surface area contributed by atoms with Crippen molar-refractivity contribution in [3.05, 3.63) is 5.69 Å². The van der Waals surface area contributed by atoms with E-state index in [1.165, 1.54) is 7.05 Å². The number of carbonyl (C=O) groups is 2. The van der Waals surface area contributed by atoms with Crippen LogP contribution in [-0.4, -0.2) is 34.9 Å². The van der Waals surface area contributed by atoms with Crippen molar-refractivity contribution in [2.45, 2.75) is 6.43 Å². The van der Waals surface area contributed by atoms with Gasteiger partial charge in [0.1, 0.15) is 5.00 Å². The van der Waals surface area contributed by atoms with E-state index in [1.54, 1.807) is 0 Å². The first-order valence-corrected chi connectivity index (χ1v) is 4.47. The molecule has 1 rings (SSSR count). The first-order chi connectivity index (χ1) is 7.06. The molecule has 0 unspecified atom stereocenters. The zero-order valence-corrected chi connectivity index (χ0v) is 8.27. The van der Waals surface area contributed by atoms with Crippen LogP contribution in [0.4, 0.5) is 13.8 Å². The molecular weight excluding hydrogens is 230 g/mol. The first kappa shape index (κ1) is 11.4. The Morgan fingerprint density at radius 1 is 1.47 bits per heavy atom. The van der Waals surface area contributed by atoms with Crippen LogP contribution in [0.5, 0.6) is 0 Å². The highest BCUT2D eigenvalue weighted by molar-refractivity contribution is 7.10. The van der Waals surface area contributed by atoms with Crippen LogP contribution in [0.25, 0.3) is 0 Å². The van der Waals surface area contributed by atoms with E-state index >= 15 is 0 Å². The number of anilines is 1. The van der Waals surface area contributed by atoms with Crippen LogP contribution in [0.3, 0.4) is 0 Å². The summed E-state index contributed by atoms with van der Waals surface area (Å²) >= 11 is 0.652. The maximum absolute atomic E-state index is 11.9. The van der Waals surface area contributed by atoms with E-state index in [1.807, 2.05) is 5.32 Å². The second kappa shape index (κ2) is 4.73. The molecule has 0 bridgehead atoms. The number of nitrogens with one attached hydrogen (secondary N) is 2. The van der Waals surface area contributed by atoms with Gasteiger partial charge in [-0.3, -0.25) is 9.59 Å². The molecule has 0 spiro atoms. The van der Waals surface area contributed by atoms with E-state index in [0.717, 1.165) is 0 Å². The van der Waals surface area contributed by atoms with Crippen LogP contribution in [0.2, 0.25) is 0 Å². The Morgan fingerprint density at radius 2 is 2.13 bits per heavy atom. The molecule has 0 atom stereocenters. The van der Waals surface area contributed by atoms with Gasteiger partial charge in [-0.2, -0.15) is 8.78 Å². The van der Waals surface area contributed by atoms with E-state index in [9.17, 15) is 18.4 Å². The molecular formula is C6H6F2N4O2S. The maximum Gasteiger partial charge on any atom is 0.315 e. The van der Waals surface area contributed by atoms with Crippen molar-refractivity contribution in [1.82, 2.24) is 14.9 Å². The van der Waals surface area contributed by atoms with Gasteiger partial charge in [0, 0.05) is 18.6 Å². The lowest BCUT2D eigenvalue weighted by atomic mass is 10.4. The zero-order chi connectivity index (χ0) is 11.4. The van der Waals surface area contributed by atoms with Gasteiger partial charge in [0.2, 0.25) is 0 Å². The molecule has 2 amide bonds. The Hall–Kier alpha value is -1.64. The van der Waals surface area contributed by atoms with Gasteiger partial charge in [-0.1, -0.05) is 4.49 Å². The summed E-state index contributed by atoms with van der Waals surface area (Å²) in [5.74, 6) is -2.10. The summed E-state index contributed by atoms with van der Waals surface area (Å²) in [6.07, 6.45) is -3.15. The van der Waals surface area contributed by atoms with Gasteiger partial charge in [0.15, 0.2) is 5.69 Å². The fourth-order valence-electron chi connectivity index (χ4n) is 0.706. The fourth-order valence-corrected chi connectivity index (χ4v) is 1.28. The van der Waals surface area contributed by atoms with Crippen molar-refractivity contribution >= 4 is 28.3 Å². The number of rotatable bonds is 3. The van der Waals surface area contributed by atoms with Crippen molar-refractivity contribution in [1.29, 1.82) is 0 Å². The van der Waals surface area contributed by atoms with Crippen LogP contribution in [0.1, 0.15) is 10.5 Å². The average molecular weight is 236 g/mol. The number of amides is 2. The molecule has 1 heterocycles. The minimum Gasteiger partial charge on any atom is -0.354 e. The largest absolute Gasteiger partial charge is 0.354 e. The topological polar surface area (TPSA) is 84.0 Å². The Morgan fingerprint density at radius 3 is 2.67 bits per heavy atom. The second-order valence-electron chi connectivity index (χ2n) is 2.32. The molecule has 2 N–H and O–H groups in total. The molecule has 0 saturated carbocycles. The van der Waals surface area contributed by atoms with Gasteiger partial charge < -0.3 is 10.6 Å². The minimum absolute atomic E-state index is 0.0975. The highest BCUT2D eigenvalue weighted by Crippen LogP contribution is 2.17. The van der Waals surface area contributed by atoms with Crippen LogP contribution in [-0.2, 0) is 4.79 Å². The van der Waals surface area contributed by atoms with E-state index in [2.05, 4.69) is 14.9 Å². The van der Waals surface area contributed by atoms with E-state index in [4.69, 9.17) is 0 Å². The highest BCUT2D eigenvalue weighted by atomic mass is 32.1. The van der Waals surface area contributed by atoms with Gasteiger partial charge in [-0.25, -0.2) is 0 Å². The predicted molar refractivity (Wildman–Crippen MR) is 47.9 cm³/mol. The van der Waals surface area contributed by atoms with Gasteiger partial charge >= 0.3 is 6.43 Å². The van der Waals surface area contributed by atoms with Gasteiger partial charge in [0.25, 0.3) is 11.8 Å². The number of hydrogen-bond donors (Lipinski definition) is 2. The lowest BCUT2D eigenvalue weighted by molar-refractivity contribution is -0.126. The van der Waals surface area contributed by atoms with Crippen molar-refractivity contribution < 1.29 is 18.4 Å². The van der Waals surface area contributed by atoms with Crippen LogP contribution in [0, 0.1) is 0 Å². The molecule has 0 aliphatic carbocycles. The summed E-state index contributed by atoms with van der Waals surface area (Å²) < 4.78 is 27.1. The Bertz CT molecular complexity index is 381. The third kappa shape index (κ3) is 2.65. The summed E-state index contributed by atoms with van der Waals surface area (Å²) in [5.41, 5.74) is -0.184. The van der Waals surface area contributed by atoms with Crippen molar-refractivity contribution in [3.63, 3.8) is 0 Å². The van der Waals surface area contributed by atoms with Crippen molar-refractivity contribution in [2.24, 2.45) is 0 Å². The molecule has 0 saturated heterocycles. The molecule has 9 heteroatoms. The highest BCUT2D eigenvalue weighted by Gasteiger charge is 2.21. The fraction of sp³-hybridized carbons (Fsp3) is 0.333. The number of hydrogen-bond acceptors (Lipinski definition) is 5. The minimum atomic E-state index is -3.15. The van der Waals surface area contributed by atoms with Crippen LogP contribution in [0.15, 0.2) is 0 Å². The number of aromatic nitrogens is 2. The molecule has 1 aromatic rings. The molecule has 0 fully saturated rings. The molecule has 0 radical (unpaired) electrons. The van der Waals surface area contributed by atoms with Crippen LogP contribution >= 0.6 is 11.5 Å². The number of alkyl halides is 2. The molecule has 0 aliphatic rings. The second-order valence-corrected chi connectivity index (χ2v) is 3.07. The number of nitrogens with zero attached hydrogens (tertiary/aromatic N) is 2. The zero-order valence-electron chi connectivity index (χ0n) is 7.45. The Balaban J connectivity index is 2.82. The number of carbonyl (C=O) groups excluding carboxylic acids is 2. The molecule has 0 aliphatic heterocycles. The summed E-state index contributed by atoms with van der Waals surface area (Å²) in [4.78, 5) is 21.7. The predicted octanol–water partition coefficient (Wildman–Crippen LogP) is 0.101. The standard InChI is InChI=1S/C6H6F2N4O2S/c1-9-4(13)2-6(15-12-11-2)10-5(14)3(7)8/h3H,1H3,(H,9,13)(H,10,14). The van der Waals surface area contributed by atoms with Gasteiger partial charge in [-0.05, 0) is 0 Å². The summed E-state index contributed by atoms with van der Waals surface area (Å²) in [7, 11) is 1.35. The van der Waals surface area contributed by atoms with E-state index in [-0.39, 0.29) is 10.7 Å². The Labute approximate surface area is 86.8 Å². The van der Waals surface area contributed by atoms with Gasteiger partial charge in [-0.15, -0.1) is 5.10 Å². The quantitative estimate of drug-likeness (QED) is 0.779. The SMILES string of the molecule is CNC(=O)c1nnsc1NC(=O)C(F)F. The smallest absolute Gasteiger partial charge is 0.315 e. The lowest BCUT2D eigenvalue weighted by Gasteiger charge is -2.01. The molecule has 1 aromatic heterocycles. The third-order valence-corrected chi connectivity index (χ3v) is 2.01. The molecule has 0 aromatic carbocycles. The molecule has 15 heavy (non-hydrogen) atoms. The van der Waals surface area contributed by atoms with Crippen molar-refractivity contribution in [2.75, 3.05) is 12.4 Å². The number of halogens is 2. The monoisotopic (exact) mass is 236 g/mol. The van der Waals surface area contributed by atoms with Crippen molar-refractivity contribution in [3.8, 4) is 0 Å². The molecule has 6 nitrogen and oxygen atoms in total. The third-order valence-electron chi connectivity index (χ3n) is 1.37. The van der Waals surface area contributed by atoms with E-state index < -0.39 is 18.2 Å². The average Bonchev–Trinajstić information content (AvgIpc) is 2.64. The van der Waals surface area contributed by atoms with Crippen LogP contribution < -0.4 is 10.6 Å². The Kier molecular flexibility index (Phi) is 3.61. The first-order valence-electron chi connectivity index (χ1n) is 3.69. The maximum atomic E-state index is 11.9. The lowest BCUT2D eigenvalue weighted by Crippen LogP contribution is -2.24. The summed E-state index contributed by atoms with van der Waals surface area (Å²) in [6, 6.07) is 0. The summed E-state index contributed by atoms with van der Waals surface area (Å²) in [5, 5.41) is 7.38. The summed E-state index contributed by atoms with van der Waals surface area (Å²) in [6.45, 7) is 0. The molecule has 82 valence electrons. The van der Waals surface area contributed by atoms with Gasteiger partial charge in [0.05, 0.1) is 0 Å². The van der Waals surface area contributed by atoms with E-state index in [0.29, 0.717) is 11.5 Å². The normalized spacial score (nSPS) is 10.1.